The highest BCUT2D eigenvalue weighted by atomic mass is 16.2. The van der Waals surface area contributed by atoms with Crippen LogP contribution in [0.2, 0.25) is 0 Å². The quantitative estimate of drug-likeness (QED) is 0.911. The minimum atomic E-state index is -0.490. The summed E-state index contributed by atoms with van der Waals surface area (Å²) in [5.41, 5.74) is 3.68. The van der Waals surface area contributed by atoms with Crippen LogP contribution in [-0.4, -0.2) is 24.5 Å². The molecule has 0 saturated carbocycles. The summed E-state index contributed by atoms with van der Waals surface area (Å²) in [7, 11) is 0. The molecule has 24 heavy (non-hydrogen) atoms. The Balaban J connectivity index is 1.63. The highest BCUT2D eigenvalue weighted by Crippen LogP contribution is 2.21. The van der Waals surface area contributed by atoms with Gasteiger partial charge in [0.25, 0.3) is 0 Å². The molecule has 0 aromatic heterocycles. The van der Waals surface area contributed by atoms with Crippen LogP contribution in [0.5, 0.6) is 0 Å². The molecule has 5 heteroatoms. The number of aryl methyl sites for hydroxylation is 2. The van der Waals surface area contributed by atoms with E-state index in [1.807, 2.05) is 62.4 Å². The van der Waals surface area contributed by atoms with E-state index < -0.39 is 6.04 Å². The average molecular weight is 323 g/mol. The summed E-state index contributed by atoms with van der Waals surface area (Å²) in [5, 5.41) is 5.61. The number of carbonyl (C=O) groups excluding carboxylic acids is 2. The predicted molar refractivity (Wildman–Crippen MR) is 95.3 cm³/mol. The third-order valence-electron chi connectivity index (χ3n) is 4.22. The fourth-order valence-electron chi connectivity index (χ4n) is 2.87. The first-order valence-electron chi connectivity index (χ1n) is 8.06. The SMILES string of the molecule is Cc1ccc(C)c(NC(=O)N[C@@H]2CCN(c3ccccc3)C2=O)c1. The van der Waals surface area contributed by atoms with E-state index in [4.69, 9.17) is 0 Å². The molecule has 124 valence electrons. The summed E-state index contributed by atoms with van der Waals surface area (Å²) in [4.78, 5) is 26.4. The Labute approximate surface area is 141 Å². The van der Waals surface area contributed by atoms with Gasteiger partial charge in [0.05, 0.1) is 0 Å². The lowest BCUT2D eigenvalue weighted by Crippen LogP contribution is -2.43. The van der Waals surface area contributed by atoms with Gasteiger partial charge < -0.3 is 15.5 Å². The fourth-order valence-corrected chi connectivity index (χ4v) is 2.87. The van der Waals surface area contributed by atoms with E-state index in [0.29, 0.717) is 13.0 Å². The molecule has 2 aromatic carbocycles. The average Bonchev–Trinajstić information content (AvgIpc) is 2.92. The number of amides is 3. The van der Waals surface area contributed by atoms with Crippen LogP contribution >= 0.6 is 0 Å². The summed E-state index contributed by atoms with van der Waals surface area (Å²) >= 11 is 0. The van der Waals surface area contributed by atoms with Gasteiger partial charge in [0.1, 0.15) is 6.04 Å². The molecule has 0 spiro atoms. The molecule has 0 bridgehead atoms. The van der Waals surface area contributed by atoms with E-state index in [1.54, 1.807) is 4.90 Å². The van der Waals surface area contributed by atoms with E-state index in [9.17, 15) is 9.59 Å². The lowest BCUT2D eigenvalue weighted by atomic mass is 10.1. The van der Waals surface area contributed by atoms with Crippen LogP contribution in [-0.2, 0) is 4.79 Å². The molecular weight excluding hydrogens is 302 g/mol. The second kappa shape index (κ2) is 6.74. The van der Waals surface area contributed by atoms with Crippen LogP contribution in [0.25, 0.3) is 0 Å². The Morgan fingerprint density at radius 1 is 1.12 bits per heavy atom. The van der Waals surface area contributed by atoms with Crippen LogP contribution in [0.15, 0.2) is 48.5 Å². The lowest BCUT2D eigenvalue weighted by molar-refractivity contribution is -0.118. The van der Waals surface area contributed by atoms with E-state index >= 15 is 0 Å². The molecule has 3 rings (SSSR count). The molecule has 1 aliphatic rings. The first-order valence-corrected chi connectivity index (χ1v) is 8.06. The normalized spacial score (nSPS) is 17.0. The number of hydrogen-bond acceptors (Lipinski definition) is 2. The van der Waals surface area contributed by atoms with Crippen molar-refractivity contribution in [3.05, 3.63) is 59.7 Å². The number of benzene rings is 2. The highest BCUT2D eigenvalue weighted by molar-refractivity contribution is 6.02. The van der Waals surface area contributed by atoms with Crippen molar-refractivity contribution in [2.75, 3.05) is 16.8 Å². The molecule has 0 aliphatic carbocycles. The van der Waals surface area contributed by atoms with Gasteiger partial charge in [-0.05, 0) is 49.6 Å². The van der Waals surface area contributed by atoms with Gasteiger partial charge in [0.15, 0.2) is 0 Å². The Hall–Kier alpha value is -2.82. The van der Waals surface area contributed by atoms with Gasteiger partial charge in [0.2, 0.25) is 5.91 Å². The van der Waals surface area contributed by atoms with E-state index in [0.717, 1.165) is 22.5 Å². The molecule has 1 aliphatic heterocycles. The van der Waals surface area contributed by atoms with Crippen molar-refractivity contribution < 1.29 is 9.59 Å². The van der Waals surface area contributed by atoms with Gasteiger partial charge >= 0.3 is 6.03 Å². The Kier molecular flexibility index (Phi) is 4.51. The number of carbonyl (C=O) groups is 2. The summed E-state index contributed by atoms with van der Waals surface area (Å²) in [6, 6.07) is 14.5. The molecule has 5 nitrogen and oxygen atoms in total. The van der Waals surface area contributed by atoms with Crippen molar-refractivity contribution in [3.8, 4) is 0 Å². The summed E-state index contributed by atoms with van der Waals surface area (Å²) in [6.45, 7) is 4.52. The Bertz CT molecular complexity index is 758. The Morgan fingerprint density at radius 3 is 2.62 bits per heavy atom. The largest absolute Gasteiger partial charge is 0.326 e. The molecule has 1 heterocycles. The van der Waals surface area contributed by atoms with Crippen molar-refractivity contribution in [2.45, 2.75) is 26.3 Å². The smallest absolute Gasteiger partial charge is 0.319 e. The molecule has 3 amide bonds. The Morgan fingerprint density at radius 2 is 1.88 bits per heavy atom. The second-order valence-corrected chi connectivity index (χ2v) is 6.08. The maximum absolute atomic E-state index is 12.5. The number of nitrogens with zero attached hydrogens (tertiary/aromatic N) is 1. The zero-order valence-corrected chi connectivity index (χ0v) is 13.9. The van der Waals surface area contributed by atoms with Crippen LogP contribution in [0.4, 0.5) is 16.2 Å². The number of para-hydroxylation sites is 1. The molecule has 0 unspecified atom stereocenters. The third kappa shape index (κ3) is 3.40. The van der Waals surface area contributed by atoms with E-state index in [2.05, 4.69) is 10.6 Å². The molecule has 1 atom stereocenters. The van der Waals surface area contributed by atoms with Crippen LogP contribution in [0.3, 0.4) is 0 Å². The van der Waals surface area contributed by atoms with Crippen molar-refractivity contribution in [1.82, 2.24) is 5.32 Å². The predicted octanol–water partition coefficient (Wildman–Crippen LogP) is 3.23. The molecule has 1 fully saturated rings. The summed E-state index contributed by atoms with van der Waals surface area (Å²) in [6.07, 6.45) is 0.605. The second-order valence-electron chi connectivity index (χ2n) is 6.08. The van der Waals surface area contributed by atoms with Crippen molar-refractivity contribution in [1.29, 1.82) is 0 Å². The molecule has 1 saturated heterocycles. The topological polar surface area (TPSA) is 61.4 Å². The van der Waals surface area contributed by atoms with Gasteiger partial charge in [0, 0.05) is 17.9 Å². The number of nitrogens with one attached hydrogen (secondary N) is 2. The van der Waals surface area contributed by atoms with Gasteiger partial charge in [-0.1, -0.05) is 30.3 Å². The molecular formula is C19H21N3O2. The number of rotatable bonds is 3. The zero-order valence-electron chi connectivity index (χ0n) is 13.9. The maximum Gasteiger partial charge on any atom is 0.319 e. The maximum atomic E-state index is 12.5. The number of anilines is 2. The zero-order chi connectivity index (χ0) is 17.1. The van der Waals surface area contributed by atoms with E-state index in [-0.39, 0.29) is 11.9 Å². The van der Waals surface area contributed by atoms with Gasteiger partial charge in [-0.3, -0.25) is 4.79 Å². The number of urea groups is 1. The molecule has 0 radical (unpaired) electrons. The van der Waals surface area contributed by atoms with Gasteiger partial charge in [-0.15, -0.1) is 0 Å². The van der Waals surface area contributed by atoms with Crippen LogP contribution in [0, 0.1) is 13.8 Å². The van der Waals surface area contributed by atoms with E-state index in [1.165, 1.54) is 0 Å². The monoisotopic (exact) mass is 323 g/mol. The third-order valence-corrected chi connectivity index (χ3v) is 4.22. The highest BCUT2D eigenvalue weighted by Gasteiger charge is 2.33. The van der Waals surface area contributed by atoms with Gasteiger partial charge in [-0.25, -0.2) is 4.79 Å². The first-order chi connectivity index (χ1) is 11.5. The van der Waals surface area contributed by atoms with Crippen molar-refractivity contribution >= 4 is 23.3 Å². The van der Waals surface area contributed by atoms with Crippen molar-refractivity contribution in [2.24, 2.45) is 0 Å². The summed E-state index contributed by atoms with van der Waals surface area (Å²) in [5.74, 6) is -0.0719. The molecule has 2 aromatic rings. The fraction of sp³-hybridized carbons (Fsp3) is 0.263. The van der Waals surface area contributed by atoms with Crippen LogP contribution < -0.4 is 15.5 Å². The minimum absolute atomic E-state index is 0.0719. The summed E-state index contributed by atoms with van der Waals surface area (Å²) < 4.78 is 0. The number of hydrogen-bond donors (Lipinski definition) is 2. The first kappa shape index (κ1) is 16.1. The lowest BCUT2D eigenvalue weighted by Gasteiger charge is -2.17. The van der Waals surface area contributed by atoms with Gasteiger partial charge in [-0.2, -0.15) is 0 Å². The minimum Gasteiger partial charge on any atom is -0.326 e. The van der Waals surface area contributed by atoms with Crippen molar-refractivity contribution in [3.63, 3.8) is 0 Å². The van der Waals surface area contributed by atoms with Crippen LogP contribution in [0.1, 0.15) is 17.5 Å². The molecule has 2 N–H and O–H groups in total. The standard InChI is InChI=1S/C19H21N3O2/c1-13-8-9-14(2)17(12-13)21-19(24)20-16-10-11-22(18(16)23)15-6-4-3-5-7-15/h3-9,12,16H,10-11H2,1-2H3,(H2,20,21,24)/t16-/m1/s1.